The van der Waals surface area contributed by atoms with Gasteiger partial charge in [-0.2, -0.15) is 0 Å². The Labute approximate surface area is 278 Å². The van der Waals surface area contributed by atoms with Crippen LogP contribution in [0.1, 0.15) is 62.6 Å². The molecule has 1 fully saturated rings. The lowest BCUT2D eigenvalue weighted by Gasteiger charge is -2.34. The van der Waals surface area contributed by atoms with Gasteiger partial charge in [0.15, 0.2) is 0 Å². The Morgan fingerprint density at radius 1 is 1.09 bits per heavy atom. The number of hydrogen-bond donors (Lipinski definition) is 2. The Hall–Kier alpha value is -4.68. The van der Waals surface area contributed by atoms with Crippen LogP contribution in [0.25, 0.3) is 21.8 Å². The van der Waals surface area contributed by atoms with Crippen molar-refractivity contribution in [3.63, 3.8) is 0 Å². The zero-order chi connectivity index (χ0) is 33.2. The minimum absolute atomic E-state index is 0.190. The monoisotopic (exact) mass is 653 g/mol. The molecule has 0 saturated heterocycles. The Morgan fingerprint density at radius 3 is 2.57 bits per heavy atom. The van der Waals surface area contributed by atoms with E-state index in [0.29, 0.717) is 54.6 Å². The molecule has 1 aliphatic carbocycles. The molecule has 0 radical (unpaired) electrons. The van der Waals surface area contributed by atoms with Crippen LogP contribution in [0.2, 0.25) is 0 Å². The Kier molecular flexibility index (Phi) is 9.07. The standard InChI is InChI=1S/C35H39N7O4S/c1-22-16-25(30-19-37-32(47-30)35(44)13-10-24(11-14-35)31(43)46-34(2,3)4)18-26(17-22)38-33-36-15-12-28(39-33)29-21-42(41-40-29)20-23-6-8-27(45-5)9-7-23/h6-9,12,15-19,21,24,44H,10-11,13-14,20H2,1-5H3,(H,36,38,39)/t24-,35-. The number of nitrogens with one attached hydrogen (secondary N) is 1. The number of benzene rings is 2. The number of nitrogens with zero attached hydrogens (tertiary/aromatic N) is 6. The first-order valence-corrected chi connectivity index (χ1v) is 16.5. The number of ether oxygens (including phenoxy) is 2. The number of anilines is 2. The van der Waals surface area contributed by atoms with Crippen LogP contribution < -0.4 is 10.1 Å². The number of methoxy groups -OCH3 is 1. The smallest absolute Gasteiger partial charge is 0.309 e. The van der Waals surface area contributed by atoms with Crippen molar-refractivity contribution in [2.75, 3.05) is 12.4 Å². The summed E-state index contributed by atoms with van der Waals surface area (Å²) in [4.78, 5) is 27.3. The number of carbonyl (C=O) groups is 1. The lowest BCUT2D eigenvalue weighted by molar-refractivity contribution is -0.163. The molecule has 1 aliphatic rings. The third kappa shape index (κ3) is 7.83. The molecule has 0 bridgehead atoms. The zero-order valence-electron chi connectivity index (χ0n) is 27.2. The van der Waals surface area contributed by atoms with Gasteiger partial charge in [-0.05, 0) is 100 Å². The van der Waals surface area contributed by atoms with Crippen molar-refractivity contribution in [1.82, 2.24) is 29.9 Å². The third-order valence-electron chi connectivity index (χ3n) is 8.03. The van der Waals surface area contributed by atoms with Gasteiger partial charge in [0.25, 0.3) is 0 Å². The van der Waals surface area contributed by atoms with Gasteiger partial charge in [0.1, 0.15) is 27.7 Å². The molecule has 0 unspecified atom stereocenters. The predicted molar refractivity (Wildman–Crippen MR) is 180 cm³/mol. The van der Waals surface area contributed by atoms with E-state index in [1.807, 2.05) is 76.5 Å². The van der Waals surface area contributed by atoms with Crippen LogP contribution in [-0.4, -0.2) is 53.7 Å². The zero-order valence-corrected chi connectivity index (χ0v) is 28.0. The third-order valence-corrected chi connectivity index (χ3v) is 9.27. The second-order valence-corrected chi connectivity index (χ2v) is 14.0. The quantitative estimate of drug-likeness (QED) is 0.166. The lowest BCUT2D eigenvalue weighted by Crippen LogP contribution is -2.36. The van der Waals surface area contributed by atoms with Gasteiger partial charge in [-0.3, -0.25) is 4.79 Å². The highest BCUT2D eigenvalue weighted by Crippen LogP contribution is 2.43. The van der Waals surface area contributed by atoms with Crippen molar-refractivity contribution < 1.29 is 19.4 Å². The number of hydrogen-bond acceptors (Lipinski definition) is 11. The molecule has 0 amide bonds. The minimum atomic E-state index is -1.06. The molecule has 6 rings (SSSR count). The molecule has 1 saturated carbocycles. The van der Waals surface area contributed by atoms with E-state index in [0.717, 1.165) is 33.0 Å². The van der Waals surface area contributed by atoms with Crippen LogP contribution in [-0.2, 0) is 21.7 Å². The van der Waals surface area contributed by atoms with Crippen LogP contribution in [0.3, 0.4) is 0 Å². The van der Waals surface area contributed by atoms with Gasteiger partial charge in [-0.15, -0.1) is 16.4 Å². The van der Waals surface area contributed by atoms with Gasteiger partial charge in [-0.25, -0.2) is 19.6 Å². The van der Waals surface area contributed by atoms with Crippen LogP contribution in [0.5, 0.6) is 5.75 Å². The van der Waals surface area contributed by atoms with Crippen molar-refractivity contribution >= 4 is 28.9 Å². The largest absolute Gasteiger partial charge is 0.497 e. The fraction of sp³-hybridized carbons (Fsp3) is 0.371. The molecule has 0 spiro atoms. The van der Waals surface area contributed by atoms with E-state index in [4.69, 9.17) is 14.5 Å². The van der Waals surface area contributed by atoms with Crippen LogP contribution in [0, 0.1) is 12.8 Å². The molecule has 5 aromatic rings. The molecule has 3 aromatic heterocycles. The fourth-order valence-electron chi connectivity index (χ4n) is 5.65. The van der Waals surface area contributed by atoms with Gasteiger partial charge < -0.3 is 19.9 Å². The molecule has 47 heavy (non-hydrogen) atoms. The number of aliphatic hydroxyl groups is 1. The minimum Gasteiger partial charge on any atom is -0.497 e. The highest BCUT2D eigenvalue weighted by Gasteiger charge is 2.40. The molecule has 11 nitrogen and oxygen atoms in total. The molecule has 3 heterocycles. The average Bonchev–Trinajstić information content (AvgIpc) is 3.72. The number of esters is 1. The second kappa shape index (κ2) is 13.2. The first-order valence-electron chi connectivity index (χ1n) is 15.6. The first-order chi connectivity index (χ1) is 22.5. The van der Waals surface area contributed by atoms with E-state index in [-0.39, 0.29) is 11.9 Å². The van der Waals surface area contributed by atoms with Gasteiger partial charge in [0.2, 0.25) is 5.95 Å². The highest BCUT2D eigenvalue weighted by molar-refractivity contribution is 7.15. The van der Waals surface area contributed by atoms with E-state index in [1.54, 1.807) is 24.1 Å². The molecular formula is C35H39N7O4S. The number of rotatable bonds is 9. The number of aryl methyl sites for hydroxylation is 1. The summed E-state index contributed by atoms with van der Waals surface area (Å²) in [6.45, 7) is 8.22. The molecule has 0 aliphatic heterocycles. The van der Waals surface area contributed by atoms with E-state index in [9.17, 15) is 9.90 Å². The summed E-state index contributed by atoms with van der Waals surface area (Å²) in [6.07, 6.45) is 7.43. The van der Waals surface area contributed by atoms with Gasteiger partial charge >= 0.3 is 5.97 Å². The second-order valence-electron chi connectivity index (χ2n) is 13.0. The van der Waals surface area contributed by atoms with Crippen LogP contribution in [0.4, 0.5) is 11.6 Å². The lowest BCUT2D eigenvalue weighted by atomic mass is 9.79. The SMILES string of the molecule is COc1ccc(Cn2cc(-c3ccnc(Nc4cc(C)cc(-c5cnc([C@]6(O)CC[C@H](C(=O)OC(C)(C)C)CC6)s5)c4)n3)nn2)cc1. The van der Waals surface area contributed by atoms with E-state index in [1.165, 1.54) is 11.3 Å². The van der Waals surface area contributed by atoms with Crippen molar-refractivity contribution in [1.29, 1.82) is 0 Å². The number of carbonyl (C=O) groups excluding carboxylic acids is 1. The van der Waals surface area contributed by atoms with Crippen LogP contribution in [0.15, 0.2) is 67.1 Å². The normalized spacial score (nSPS) is 18.1. The van der Waals surface area contributed by atoms with E-state index in [2.05, 4.69) is 31.7 Å². The Balaban J connectivity index is 1.13. The highest BCUT2D eigenvalue weighted by atomic mass is 32.1. The first kappa shape index (κ1) is 32.3. The molecule has 0 atom stereocenters. The number of thiazole rings is 1. The maximum absolute atomic E-state index is 12.6. The van der Waals surface area contributed by atoms with Gasteiger partial charge in [0.05, 0.1) is 36.3 Å². The van der Waals surface area contributed by atoms with Crippen molar-refractivity contribution in [3.05, 3.63) is 83.3 Å². The van der Waals surface area contributed by atoms with Crippen molar-refractivity contribution in [3.8, 4) is 27.6 Å². The molecule has 2 N–H and O–H groups in total. The summed E-state index contributed by atoms with van der Waals surface area (Å²) in [5, 5.41) is 24.1. The van der Waals surface area contributed by atoms with Crippen LogP contribution >= 0.6 is 11.3 Å². The Morgan fingerprint density at radius 2 is 1.85 bits per heavy atom. The topological polar surface area (TPSA) is 137 Å². The molecule has 2 aromatic carbocycles. The average molecular weight is 654 g/mol. The molecule has 244 valence electrons. The van der Waals surface area contributed by atoms with Gasteiger partial charge in [0, 0.05) is 18.1 Å². The maximum atomic E-state index is 12.6. The number of aromatic nitrogens is 6. The fourth-order valence-corrected chi connectivity index (χ4v) is 6.70. The van der Waals surface area contributed by atoms with E-state index < -0.39 is 11.2 Å². The molecule has 12 heteroatoms. The summed E-state index contributed by atoms with van der Waals surface area (Å²) in [5.41, 5.74) is 3.64. The predicted octanol–water partition coefficient (Wildman–Crippen LogP) is 6.69. The summed E-state index contributed by atoms with van der Waals surface area (Å²) in [6, 6.07) is 15.8. The summed E-state index contributed by atoms with van der Waals surface area (Å²) >= 11 is 1.48. The Bertz CT molecular complexity index is 1850. The maximum Gasteiger partial charge on any atom is 0.309 e. The molecular weight excluding hydrogens is 614 g/mol. The summed E-state index contributed by atoms with van der Waals surface area (Å²) < 4.78 is 12.6. The summed E-state index contributed by atoms with van der Waals surface area (Å²) in [7, 11) is 1.65. The van der Waals surface area contributed by atoms with Crippen molar-refractivity contribution in [2.24, 2.45) is 5.92 Å². The van der Waals surface area contributed by atoms with E-state index >= 15 is 0 Å². The van der Waals surface area contributed by atoms with Crippen molar-refractivity contribution in [2.45, 2.75) is 71.1 Å². The summed E-state index contributed by atoms with van der Waals surface area (Å²) in [5.74, 6) is 0.849. The van der Waals surface area contributed by atoms with Gasteiger partial charge in [-0.1, -0.05) is 23.4 Å².